The summed E-state index contributed by atoms with van der Waals surface area (Å²) in [5, 5.41) is 12.1. The van der Waals surface area contributed by atoms with Crippen LogP contribution in [0, 0.1) is 5.82 Å². The molecule has 0 aromatic heterocycles. The van der Waals surface area contributed by atoms with Gasteiger partial charge in [-0.05, 0) is 60.0 Å². The smallest absolute Gasteiger partial charge is 0.416 e. The maximum Gasteiger partial charge on any atom is 0.416 e. The van der Waals surface area contributed by atoms with Crippen molar-refractivity contribution in [1.29, 1.82) is 0 Å². The highest BCUT2D eigenvalue weighted by molar-refractivity contribution is 5.75. The highest BCUT2D eigenvalue weighted by Crippen LogP contribution is 2.40. The molecule has 0 heterocycles. The minimum absolute atomic E-state index is 0.0218. The molecular formula is C27H27F4NO5. The van der Waals surface area contributed by atoms with E-state index in [0.717, 1.165) is 29.5 Å². The first-order chi connectivity index (χ1) is 17.6. The van der Waals surface area contributed by atoms with Crippen LogP contribution in [0.25, 0.3) is 11.1 Å². The van der Waals surface area contributed by atoms with Crippen molar-refractivity contribution in [2.45, 2.75) is 25.6 Å². The van der Waals surface area contributed by atoms with Crippen LogP contribution in [0.5, 0.6) is 17.2 Å². The predicted octanol–water partition coefficient (Wildman–Crippen LogP) is 5.71. The Morgan fingerprint density at radius 2 is 1.78 bits per heavy atom. The van der Waals surface area contributed by atoms with Gasteiger partial charge in [0.2, 0.25) is 0 Å². The third-order valence-corrected chi connectivity index (χ3v) is 5.55. The zero-order chi connectivity index (χ0) is 27.0. The molecule has 0 unspecified atom stereocenters. The van der Waals surface area contributed by atoms with Crippen molar-refractivity contribution in [2.24, 2.45) is 0 Å². The van der Waals surface area contributed by atoms with E-state index in [1.807, 2.05) is 24.3 Å². The van der Waals surface area contributed by atoms with Crippen molar-refractivity contribution in [2.75, 3.05) is 27.4 Å². The highest BCUT2D eigenvalue weighted by Gasteiger charge is 2.32. The molecule has 0 amide bonds. The Hall–Kier alpha value is -3.79. The number of alkyl halides is 3. The van der Waals surface area contributed by atoms with E-state index in [2.05, 4.69) is 5.32 Å². The highest BCUT2D eigenvalue weighted by atomic mass is 19.4. The summed E-state index contributed by atoms with van der Waals surface area (Å²) in [4.78, 5) is 11.0. The van der Waals surface area contributed by atoms with Crippen LogP contribution in [0.3, 0.4) is 0 Å². The molecule has 0 spiro atoms. The molecule has 0 saturated carbocycles. The average molecular weight is 522 g/mol. The van der Waals surface area contributed by atoms with Crippen LogP contribution in [-0.4, -0.2) is 38.4 Å². The van der Waals surface area contributed by atoms with Crippen molar-refractivity contribution < 1.29 is 41.7 Å². The van der Waals surface area contributed by atoms with Gasteiger partial charge in [0, 0.05) is 30.6 Å². The van der Waals surface area contributed by atoms with Gasteiger partial charge in [0.15, 0.2) is 0 Å². The Morgan fingerprint density at radius 1 is 1.00 bits per heavy atom. The molecule has 0 aliphatic heterocycles. The lowest BCUT2D eigenvalue weighted by atomic mass is 9.96. The normalized spacial score (nSPS) is 11.3. The number of methoxy groups -OCH3 is 2. The van der Waals surface area contributed by atoms with Gasteiger partial charge in [-0.15, -0.1) is 0 Å². The molecule has 0 fully saturated rings. The first-order valence-corrected chi connectivity index (χ1v) is 11.4. The zero-order valence-corrected chi connectivity index (χ0v) is 20.3. The second kappa shape index (κ2) is 12.4. The molecule has 0 aliphatic carbocycles. The minimum atomic E-state index is -4.65. The lowest BCUT2D eigenvalue weighted by Gasteiger charge is -2.17. The number of carboxylic acid groups (broad SMARTS) is 1. The standard InChI is InChI=1S/C27H27F4NO5/c1-35-20-5-3-4-17(12-20)16-32-10-11-37-21-14-18(13-19(15-21)27(29,30)31)22-6-8-24(28)23(26(22)36-2)7-9-25(33)34/h3-6,8,12-15,32H,7,9-11,16H2,1-2H3,(H,33,34). The van der Waals surface area contributed by atoms with Crippen molar-refractivity contribution in [3.05, 3.63) is 77.1 Å². The monoisotopic (exact) mass is 521 g/mol. The number of rotatable bonds is 12. The van der Waals surface area contributed by atoms with E-state index in [1.54, 1.807) is 7.11 Å². The molecule has 6 nitrogen and oxygen atoms in total. The fourth-order valence-electron chi connectivity index (χ4n) is 3.79. The molecule has 0 saturated heterocycles. The third-order valence-electron chi connectivity index (χ3n) is 5.55. The number of halogens is 4. The van der Waals surface area contributed by atoms with Gasteiger partial charge in [0.25, 0.3) is 0 Å². The van der Waals surface area contributed by atoms with Gasteiger partial charge in [0.05, 0.1) is 19.8 Å². The molecule has 198 valence electrons. The molecule has 0 aliphatic rings. The maximum absolute atomic E-state index is 14.4. The summed E-state index contributed by atoms with van der Waals surface area (Å²) in [5.41, 5.74) is 0.300. The predicted molar refractivity (Wildman–Crippen MR) is 130 cm³/mol. The number of ether oxygens (including phenoxy) is 3. The Balaban J connectivity index is 1.81. The van der Waals surface area contributed by atoms with Gasteiger partial charge < -0.3 is 24.6 Å². The molecule has 0 atom stereocenters. The summed E-state index contributed by atoms with van der Waals surface area (Å²) >= 11 is 0. The van der Waals surface area contributed by atoms with Crippen molar-refractivity contribution in [3.8, 4) is 28.4 Å². The SMILES string of the molecule is COc1cccc(CNCCOc2cc(-c3ccc(F)c(CCC(=O)O)c3OC)cc(C(F)(F)F)c2)c1. The van der Waals surface area contributed by atoms with Gasteiger partial charge in [-0.1, -0.05) is 12.1 Å². The number of carbonyl (C=O) groups is 1. The topological polar surface area (TPSA) is 77.0 Å². The molecule has 0 bridgehead atoms. The maximum atomic E-state index is 14.4. The van der Waals surface area contributed by atoms with Crippen LogP contribution in [-0.2, 0) is 23.9 Å². The van der Waals surface area contributed by atoms with E-state index < -0.39 is 23.5 Å². The molecule has 0 radical (unpaired) electrons. The largest absolute Gasteiger partial charge is 0.497 e. The van der Waals surface area contributed by atoms with Gasteiger partial charge in [-0.25, -0.2) is 4.39 Å². The Kier molecular flexibility index (Phi) is 9.35. The summed E-state index contributed by atoms with van der Waals surface area (Å²) in [6.07, 6.45) is -5.20. The summed E-state index contributed by atoms with van der Waals surface area (Å²) in [7, 11) is 2.82. The van der Waals surface area contributed by atoms with Crippen LogP contribution in [0.4, 0.5) is 17.6 Å². The summed E-state index contributed by atoms with van der Waals surface area (Å²) < 4.78 is 71.5. The molecule has 2 N–H and O–H groups in total. The van der Waals surface area contributed by atoms with Crippen LogP contribution in [0.15, 0.2) is 54.6 Å². The number of nitrogens with one attached hydrogen (secondary N) is 1. The van der Waals surface area contributed by atoms with Gasteiger partial charge in [-0.2, -0.15) is 13.2 Å². The molecule has 3 rings (SSSR count). The lowest BCUT2D eigenvalue weighted by molar-refractivity contribution is -0.138. The third kappa shape index (κ3) is 7.60. The van der Waals surface area contributed by atoms with Crippen LogP contribution in [0.1, 0.15) is 23.1 Å². The van der Waals surface area contributed by atoms with E-state index in [-0.39, 0.29) is 47.6 Å². The molecule has 10 heteroatoms. The fourth-order valence-corrected chi connectivity index (χ4v) is 3.79. The minimum Gasteiger partial charge on any atom is -0.497 e. The first kappa shape index (κ1) is 27.8. The van der Waals surface area contributed by atoms with Gasteiger partial charge >= 0.3 is 12.1 Å². The number of aliphatic carboxylic acids is 1. The second-order valence-corrected chi connectivity index (χ2v) is 8.12. The van der Waals surface area contributed by atoms with Crippen molar-refractivity contribution in [1.82, 2.24) is 5.32 Å². The lowest BCUT2D eigenvalue weighted by Crippen LogP contribution is -2.20. The Bertz CT molecular complexity index is 1230. The number of carboxylic acids is 1. The molecule has 3 aromatic carbocycles. The van der Waals surface area contributed by atoms with Crippen LogP contribution >= 0.6 is 0 Å². The fraction of sp³-hybridized carbons (Fsp3) is 0.296. The van der Waals surface area contributed by atoms with E-state index in [0.29, 0.717) is 13.1 Å². The van der Waals surface area contributed by atoms with Crippen molar-refractivity contribution >= 4 is 5.97 Å². The summed E-state index contributed by atoms with van der Waals surface area (Å²) in [6, 6.07) is 13.1. The zero-order valence-electron chi connectivity index (χ0n) is 20.3. The average Bonchev–Trinajstić information content (AvgIpc) is 2.86. The number of benzene rings is 3. The van der Waals surface area contributed by atoms with Crippen molar-refractivity contribution in [3.63, 3.8) is 0 Å². The Labute approximate surface area is 211 Å². The van der Waals surface area contributed by atoms with E-state index in [4.69, 9.17) is 19.3 Å². The summed E-state index contributed by atoms with van der Waals surface area (Å²) in [6.45, 7) is 0.970. The Morgan fingerprint density at radius 3 is 2.46 bits per heavy atom. The van der Waals surface area contributed by atoms with Gasteiger partial charge in [0.1, 0.15) is 29.7 Å². The number of hydrogen-bond acceptors (Lipinski definition) is 5. The van der Waals surface area contributed by atoms with E-state index in [1.165, 1.54) is 19.2 Å². The van der Waals surface area contributed by atoms with Crippen LogP contribution < -0.4 is 19.5 Å². The van der Waals surface area contributed by atoms with E-state index >= 15 is 0 Å². The van der Waals surface area contributed by atoms with E-state index in [9.17, 15) is 22.4 Å². The summed E-state index contributed by atoms with van der Waals surface area (Å²) in [5.74, 6) is -1.17. The van der Waals surface area contributed by atoms with Gasteiger partial charge in [-0.3, -0.25) is 4.79 Å². The second-order valence-electron chi connectivity index (χ2n) is 8.12. The molecule has 3 aromatic rings. The number of hydrogen-bond donors (Lipinski definition) is 2. The first-order valence-electron chi connectivity index (χ1n) is 11.4. The van der Waals surface area contributed by atoms with Crippen LogP contribution in [0.2, 0.25) is 0 Å². The quantitative estimate of drug-likeness (QED) is 0.235. The molecule has 37 heavy (non-hydrogen) atoms. The molecular weight excluding hydrogens is 494 g/mol.